The van der Waals surface area contributed by atoms with Crippen molar-refractivity contribution < 1.29 is 9.53 Å². The number of aryl methyl sites for hydroxylation is 1. The van der Waals surface area contributed by atoms with Crippen molar-refractivity contribution >= 4 is 5.91 Å². The van der Waals surface area contributed by atoms with E-state index in [0.717, 1.165) is 41.2 Å². The summed E-state index contributed by atoms with van der Waals surface area (Å²) >= 11 is 0. The molecule has 4 rings (SSSR count). The van der Waals surface area contributed by atoms with Crippen molar-refractivity contribution in [3.63, 3.8) is 0 Å². The Morgan fingerprint density at radius 3 is 2.16 bits per heavy atom. The molecule has 1 amide bonds. The van der Waals surface area contributed by atoms with Crippen LogP contribution >= 0.6 is 0 Å². The van der Waals surface area contributed by atoms with Gasteiger partial charge in [-0.05, 0) is 55.7 Å². The van der Waals surface area contributed by atoms with Crippen molar-refractivity contribution in [3.8, 4) is 22.6 Å². The molecule has 0 aliphatic carbocycles. The molecule has 0 aliphatic heterocycles. The number of rotatable bonds is 7. The molecule has 31 heavy (non-hydrogen) atoms. The zero-order valence-electron chi connectivity index (χ0n) is 17.8. The minimum absolute atomic E-state index is 0.413. The Morgan fingerprint density at radius 1 is 0.839 bits per heavy atom. The van der Waals surface area contributed by atoms with Gasteiger partial charge < -0.3 is 15.0 Å². The number of carbonyl (C=O) groups excluding carboxylic acids is 1. The normalized spacial score (nSPS) is 10.8. The fourth-order valence-corrected chi connectivity index (χ4v) is 4.10. The lowest BCUT2D eigenvalue weighted by atomic mass is 10.00. The lowest BCUT2D eigenvalue weighted by Gasteiger charge is -2.11. The van der Waals surface area contributed by atoms with Crippen molar-refractivity contribution in [3.05, 3.63) is 107 Å². The lowest BCUT2D eigenvalue weighted by Crippen LogP contribution is -2.13. The molecule has 0 radical (unpaired) electrons. The first kappa shape index (κ1) is 20.5. The minimum atomic E-state index is -0.413. The van der Waals surface area contributed by atoms with Gasteiger partial charge in [0.25, 0.3) is 5.91 Å². The molecule has 0 atom stereocenters. The van der Waals surface area contributed by atoms with E-state index >= 15 is 0 Å². The van der Waals surface area contributed by atoms with E-state index < -0.39 is 5.91 Å². The van der Waals surface area contributed by atoms with E-state index in [1.165, 1.54) is 5.56 Å². The molecule has 3 aromatic carbocycles. The number of amides is 1. The summed E-state index contributed by atoms with van der Waals surface area (Å²) in [7, 11) is 0. The molecule has 156 valence electrons. The first-order valence-electron chi connectivity index (χ1n) is 10.4. The van der Waals surface area contributed by atoms with Crippen molar-refractivity contribution in [2.75, 3.05) is 0 Å². The molecule has 2 N–H and O–H groups in total. The fourth-order valence-electron chi connectivity index (χ4n) is 4.10. The van der Waals surface area contributed by atoms with Gasteiger partial charge in [-0.2, -0.15) is 0 Å². The summed E-state index contributed by atoms with van der Waals surface area (Å²) in [6, 6.07) is 27.8. The average Bonchev–Trinajstić information content (AvgIpc) is 3.04. The molecule has 0 saturated heterocycles. The van der Waals surface area contributed by atoms with Gasteiger partial charge in [-0.1, -0.05) is 60.7 Å². The predicted molar refractivity (Wildman–Crippen MR) is 125 cm³/mol. The minimum Gasteiger partial charge on any atom is -0.457 e. The number of hydrogen-bond acceptors (Lipinski definition) is 2. The molecular weight excluding hydrogens is 384 g/mol. The molecule has 0 spiro atoms. The second-order valence-electron chi connectivity index (χ2n) is 7.62. The van der Waals surface area contributed by atoms with E-state index in [1.54, 1.807) is 0 Å². The summed E-state index contributed by atoms with van der Waals surface area (Å²) in [6.45, 7) is 4.79. The average molecular weight is 411 g/mol. The predicted octanol–water partition coefficient (Wildman–Crippen LogP) is 5.91. The smallest absolute Gasteiger partial charge is 0.251 e. The van der Waals surface area contributed by atoms with Crippen LogP contribution in [0.25, 0.3) is 11.1 Å². The van der Waals surface area contributed by atoms with Crippen LogP contribution in [0.15, 0.2) is 84.9 Å². The van der Waals surface area contributed by atoms with E-state index in [2.05, 4.69) is 16.7 Å². The van der Waals surface area contributed by atoms with Crippen LogP contribution < -0.4 is 10.5 Å². The highest BCUT2D eigenvalue weighted by atomic mass is 16.5. The van der Waals surface area contributed by atoms with E-state index in [-0.39, 0.29) is 0 Å². The second kappa shape index (κ2) is 8.92. The number of primary amides is 1. The monoisotopic (exact) mass is 410 g/mol. The highest BCUT2D eigenvalue weighted by Crippen LogP contribution is 2.35. The number of hydrogen-bond donors (Lipinski definition) is 1. The molecule has 4 aromatic rings. The largest absolute Gasteiger partial charge is 0.457 e. The summed E-state index contributed by atoms with van der Waals surface area (Å²) in [6.07, 6.45) is 0.881. The maximum Gasteiger partial charge on any atom is 0.251 e. The van der Waals surface area contributed by atoms with Gasteiger partial charge in [-0.15, -0.1) is 0 Å². The number of ether oxygens (including phenoxy) is 1. The van der Waals surface area contributed by atoms with Gasteiger partial charge in [0.05, 0.1) is 5.56 Å². The maximum absolute atomic E-state index is 12.4. The molecule has 0 fully saturated rings. The van der Waals surface area contributed by atoms with Crippen molar-refractivity contribution in [2.24, 2.45) is 5.73 Å². The van der Waals surface area contributed by atoms with E-state index in [4.69, 9.17) is 10.5 Å². The van der Waals surface area contributed by atoms with Gasteiger partial charge in [0.15, 0.2) is 0 Å². The Labute approximate surface area is 182 Å². The highest BCUT2D eigenvalue weighted by molar-refractivity contribution is 6.02. The maximum atomic E-state index is 12.4. The quantitative estimate of drug-likeness (QED) is 0.412. The Hall–Kier alpha value is -3.79. The molecule has 0 aliphatic rings. The van der Waals surface area contributed by atoms with Crippen LogP contribution in [0.2, 0.25) is 0 Å². The van der Waals surface area contributed by atoms with Crippen LogP contribution in [-0.2, 0) is 13.0 Å². The standard InChI is InChI=1S/C27H26N2O2/c1-19-25(22-12-9-15-24(18-22)31-23-13-7-4-8-14-23)26(27(28)30)20(2)29(19)17-16-21-10-5-3-6-11-21/h3-15,18H,16-17H2,1-2H3,(H2,28,30). The molecule has 1 heterocycles. The third kappa shape index (κ3) is 4.38. The van der Waals surface area contributed by atoms with Crippen molar-refractivity contribution in [1.29, 1.82) is 0 Å². The lowest BCUT2D eigenvalue weighted by molar-refractivity contribution is 0.1000. The second-order valence-corrected chi connectivity index (χ2v) is 7.62. The zero-order valence-corrected chi connectivity index (χ0v) is 17.8. The number of nitrogens with zero attached hydrogens (tertiary/aromatic N) is 1. The highest BCUT2D eigenvalue weighted by Gasteiger charge is 2.22. The summed E-state index contributed by atoms with van der Waals surface area (Å²) < 4.78 is 8.19. The molecule has 1 aromatic heterocycles. The van der Waals surface area contributed by atoms with Crippen LogP contribution in [0, 0.1) is 13.8 Å². The first-order chi connectivity index (χ1) is 15.0. The Kier molecular flexibility index (Phi) is 5.89. The molecule has 4 heteroatoms. The van der Waals surface area contributed by atoms with Crippen molar-refractivity contribution in [1.82, 2.24) is 4.57 Å². The molecule has 4 nitrogen and oxygen atoms in total. The van der Waals surface area contributed by atoms with Crippen LogP contribution in [-0.4, -0.2) is 10.5 Å². The fraction of sp³-hybridized carbons (Fsp3) is 0.148. The first-order valence-corrected chi connectivity index (χ1v) is 10.4. The molecule has 0 saturated carbocycles. The topological polar surface area (TPSA) is 57.3 Å². The van der Waals surface area contributed by atoms with Crippen LogP contribution in [0.3, 0.4) is 0 Å². The van der Waals surface area contributed by atoms with E-state index in [0.29, 0.717) is 11.3 Å². The number of nitrogens with two attached hydrogens (primary N) is 1. The summed E-state index contributed by atoms with van der Waals surface area (Å²) in [5.74, 6) is 1.07. The number of carbonyl (C=O) groups is 1. The van der Waals surface area contributed by atoms with Gasteiger partial charge >= 0.3 is 0 Å². The molecule has 0 bridgehead atoms. The third-order valence-electron chi connectivity index (χ3n) is 5.60. The van der Waals surface area contributed by atoms with Crippen molar-refractivity contribution in [2.45, 2.75) is 26.8 Å². The summed E-state index contributed by atoms with van der Waals surface area (Å²) in [5, 5.41) is 0. The molecule has 0 unspecified atom stereocenters. The Morgan fingerprint density at radius 2 is 1.48 bits per heavy atom. The number of aromatic nitrogens is 1. The third-order valence-corrected chi connectivity index (χ3v) is 5.60. The summed E-state index contributed by atoms with van der Waals surface area (Å²) in [5.41, 5.74) is 11.4. The van der Waals surface area contributed by atoms with Gasteiger partial charge in [0.2, 0.25) is 0 Å². The van der Waals surface area contributed by atoms with Gasteiger partial charge in [0.1, 0.15) is 11.5 Å². The van der Waals surface area contributed by atoms with Crippen LogP contribution in [0.4, 0.5) is 0 Å². The van der Waals surface area contributed by atoms with E-state index in [9.17, 15) is 4.79 Å². The number of benzene rings is 3. The summed E-state index contributed by atoms with van der Waals surface area (Å²) in [4.78, 5) is 12.4. The Bertz CT molecular complexity index is 1190. The van der Waals surface area contributed by atoms with Gasteiger partial charge in [-0.3, -0.25) is 4.79 Å². The van der Waals surface area contributed by atoms with Crippen LogP contribution in [0.5, 0.6) is 11.5 Å². The molecular formula is C27H26N2O2. The van der Waals surface area contributed by atoms with Gasteiger partial charge in [-0.25, -0.2) is 0 Å². The SMILES string of the molecule is Cc1c(C(N)=O)c(-c2cccc(Oc3ccccc3)c2)c(C)n1CCc1ccccc1. The van der Waals surface area contributed by atoms with E-state index in [1.807, 2.05) is 86.6 Å². The van der Waals surface area contributed by atoms with Gasteiger partial charge in [0, 0.05) is 23.5 Å². The Balaban J connectivity index is 1.71. The zero-order chi connectivity index (χ0) is 21.8. The van der Waals surface area contributed by atoms with Crippen LogP contribution in [0.1, 0.15) is 27.3 Å². The number of para-hydroxylation sites is 1.